The number of phenols is 2. The quantitative estimate of drug-likeness (QED) is 0.208. The average molecular weight is 533 g/mol. The highest BCUT2D eigenvalue weighted by molar-refractivity contribution is 7.86. The normalized spacial score (nSPS) is 43.1. The van der Waals surface area contributed by atoms with Crippen molar-refractivity contribution in [1.82, 2.24) is 0 Å². The lowest BCUT2D eigenvalue weighted by Gasteiger charge is -2.70. The van der Waals surface area contributed by atoms with E-state index in [4.69, 9.17) is 0 Å². The molecular formula is C29H40O7S. The summed E-state index contributed by atoms with van der Waals surface area (Å²) in [6.07, 6.45) is 7.06. The molecule has 1 aromatic carbocycles. The maximum Gasteiger partial charge on any atom is 0.309 e. The van der Waals surface area contributed by atoms with E-state index in [1.807, 2.05) is 6.92 Å². The van der Waals surface area contributed by atoms with Crippen LogP contribution >= 0.6 is 0 Å². The number of rotatable bonds is 2. The molecule has 37 heavy (non-hydrogen) atoms. The minimum Gasteiger partial charge on any atom is -0.504 e. The summed E-state index contributed by atoms with van der Waals surface area (Å²) >= 11 is 0. The fraction of sp³-hybridized carbons (Fsp3) is 0.690. The molecule has 7 nitrogen and oxygen atoms in total. The smallest absolute Gasteiger partial charge is 0.309 e. The van der Waals surface area contributed by atoms with Crippen LogP contribution in [0.25, 0.3) is 0 Å². The van der Waals surface area contributed by atoms with Crippen molar-refractivity contribution in [3.8, 4) is 11.5 Å². The van der Waals surface area contributed by atoms with Crippen LogP contribution in [0.2, 0.25) is 0 Å². The number of benzene rings is 1. The summed E-state index contributed by atoms with van der Waals surface area (Å²) in [6.45, 7) is 12.3. The predicted molar refractivity (Wildman–Crippen MR) is 140 cm³/mol. The van der Waals surface area contributed by atoms with Gasteiger partial charge in [-0.15, -0.1) is 0 Å². The molecule has 0 spiro atoms. The van der Waals surface area contributed by atoms with E-state index < -0.39 is 37.6 Å². The van der Waals surface area contributed by atoms with Crippen LogP contribution in [0.5, 0.6) is 11.5 Å². The molecule has 2 unspecified atom stereocenters. The summed E-state index contributed by atoms with van der Waals surface area (Å²) in [5.74, 6) is -1.29. The van der Waals surface area contributed by atoms with Gasteiger partial charge >= 0.3 is 5.97 Å². The molecule has 0 aliphatic heterocycles. The van der Waals surface area contributed by atoms with Gasteiger partial charge in [0.15, 0.2) is 11.5 Å². The Labute approximate surface area is 219 Å². The van der Waals surface area contributed by atoms with Crippen molar-refractivity contribution in [2.75, 3.05) is 0 Å². The lowest BCUT2D eigenvalue weighted by molar-refractivity contribution is -0.177. The van der Waals surface area contributed by atoms with Crippen molar-refractivity contribution in [3.05, 3.63) is 34.4 Å². The molecule has 4 aliphatic rings. The first-order valence-corrected chi connectivity index (χ1v) is 14.8. The van der Waals surface area contributed by atoms with Crippen LogP contribution in [0.1, 0.15) is 102 Å². The molecule has 5 rings (SSSR count). The van der Waals surface area contributed by atoms with Gasteiger partial charge < -0.3 is 15.3 Å². The summed E-state index contributed by atoms with van der Waals surface area (Å²) < 4.78 is 35.9. The third-order valence-corrected chi connectivity index (χ3v) is 12.9. The van der Waals surface area contributed by atoms with E-state index in [0.717, 1.165) is 31.3 Å². The zero-order chi connectivity index (χ0) is 27.6. The van der Waals surface area contributed by atoms with Crippen molar-refractivity contribution < 1.29 is 33.1 Å². The summed E-state index contributed by atoms with van der Waals surface area (Å²) in [7, 11) is -4.57. The molecule has 0 bridgehead atoms. The molecule has 7 atom stereocenters. The fourth-order valence-corrected chi connectivity index (χ4v) is 10.0. The van der Waals surface area contributed by atoms with Crippen LogP contribution in [-0.2, 0) is 20.3 Å². The maximum atomic E-state index is 12.8. The molecular weight excluding hydrogens is 492 g/mol. The largest absolute Gasteiger partial charge is 0.504 e. The lowest BCUT2D eigenvalue weighted by Crippen LogP contribution is -2.62. The molecule has 0 heterocycles. The Hall–Kier alpha value is -2.06. The van der Waals surface area contributed by atoms with Gasteiger partial charge in [-0.05, 0) is 104 Å². The number of carboxylic acid groups (broad SMARTS) is 1. The topological polar surface area (TPSA) is 132 Å². The molecule has 1 aromatic rings. The van der Waals surface area contributed by atoms with Gasteiger partial charge in [-0.3, -0.25) is 9.35 Å². The molecule has 0 aromatic heterocycles. The van der Waals surface area contributed by atoms with Gasteiger partial charge in [0, 0.05) is 5.41 Å². The van der Waals surface area contributed by atoms with Gasteiger partial charge in [-0.25, -0.2) is 0 Å². The van der Waals surface area contributed by atoms with Gasteiger partial charge in [-0.2, -0.15) is 8.42 Å². The van der Waals surface area contributed by atoms with E-state index in [2.05, 4.69) is 27.7 Å². The first-order valence-electron chi connectivity index (χ1n) is 13.3. The molecule has 4 aliphatic carbocycles. The Balaban J connectivity index is 1.74. The second kappa shape index (κ2) is 7.53. The minimum atomic E-state index is -4.57. The maximum absolute atomic E-state index is 12.8. The Bertz CT molecular complexity index is 1350. The number of aromatic hydroxyl groups is 2. The first-order chi connectivity index (χ1) is 16.8. The molecule has 0 radical (unpaired) electrons. The SMILES string of the molecule is Cc1c(O)c(O)cc2c1C(S(=O)(=O)O)C=C1[C@@]2(C)CC[C@@]2(C)C3C[C@](C)(C(=O)O)CC[C@]3(C)CC[C@]12C. The summed E-state index contributed by atoms with van der Waals surface area (Å²) in [4.78, 5) is 12.3. The molecule has 4 N–H and O–H groups in total. The lowest BCUT2D eigenvalue weighted by atomic mass is 9.34. The first kappa shape index (κ1) is 26.5. The second-order valence-electron chi connectivity index (χ2n) is 13.7. The van der Waals surface area contributed by atoms with Gasteiger partial charge in [0.2, 0.25) is 0 Å². The third-order valence-electron chi connectivity index (χ3n) is 11.9. The van der Waals surface area contributed by atoms with E-state index in [1.54, 1.807) is 13.0 Å². The fourth-order valence-electron chi connectivity index (χ4n) is 9.12. The van der Waals surface area contributed by atoms with Crippen molar-refractivity contribution in [2.45, 2.75) is 97.2 Å². The van der Waals surface area contributed by atoms with E-state index in [9.17, 15) is 33.1 Å². The standard InChI is InChI=1S/C29H40O7S/c1-16-22-17(13-18(30)23(16)31)27(4)10-12-29(6)21-15-26(3,24(32)33)8-7-25(21,2)9-11-28(29,5)20(27)14-19(22)37(34,35)36/h13-14,19,21,30-31H,7-12,15H2,1-6H3,(H,32,33)(H,34,35,36)/t19?,21?,25-,26-,27+,28-,29+/m1/s1. The highest BCUT2D eigenvalue weighted by Gasteiger charge is 2.67. The van der Waals surface area contributed by atoms with Crippen molar-refractivity contribution in [1.29, 1.82) is 0 Å². The summed E-state index contributed by atoms with van der Waals surface area (Å²) in [6, 6.07) is 1.48. The van der Waals surface area contributed by atoms with Crippen LogP contribution in [-0.4, -0.2) is 34.3 Å². The van der Waals surface area contributed by atoms with Crippen molar-refractivity contribution in [3.63, 3.8) is 0 Å². The molecule has 0 saturated heterocycles. The van der Waals surface area contributed by atoms with Gasteiger partial charge in [0.1, 0.15) is 5.25 Å². The Kier molecular flexibility index (Phi) is 5.40. The molecule has 204 valence electrons. The number of phenolic OH excluding ortho intramolecular Hbond substituents is 2. The highest BCUT2D eigenvalue weighted by atomic mass is 32.2. The van der Waals surface area contributed by atoms with Crippen LogP contribution < -0.4 is 0 Å². The number of hydrogen-bond acceptors (Lipinski definition) is 5. The Morgan fingerprint density at radius 2 is 1.59 bits per heavy atom. The van der Waals surface area contributed by atoms with E-state index in [1.165, 1.54) is 6.07 Å². The molecule has 8 heteroatoms. The van der Waals surface area contributed by atoms with Crippen LogP contribution in [0.3, 0.4) is 0 Å². The van der Waals surface area contributed by atoms with E-state index in [-0.39, 0.29) is 33.8 Å². The van der Waals surface area contributed by atoms with Gasteiger partial charge in [-0.1, -0.05) is 39.3 Å². The average Bonchev–Trinajstić information content (AvgIpc) is 2.80. The summed E-state index contributed by atoms with van der Waals surface area (Å²) in [5, 5.41) is 29.8. The zero-order valence-corrected chi connectivity index (χ0v) is 23.5. The van der Waals surface area contributed by atoms with Crippen molar-refractivity contribution in [2.24, 2.45) is 27.6 Å². The molecule has 3 saturated carbocycles. The molecule has 3 fully saturated rings. The minimum absolute atomic E-state index is 0.00714. The number of carbonyl (C=O) groups is 1. The van der Waals surface area contributed by atoms with Crippen molar-refractivity contribution >= 4 is 16.1 Å². The number of carboxylic acids is 1. The van der Waals surface area contributed by atoms with E-state index >= 15 is 0 Å². The number of allylic oxidation sites excluding steroid dienone is 1. The Morgan fingerprint density at radius 3 is 2.19 bits per heavy atom. The number of fused-ring (bicyclic) bond motifs is 7. The summed E-state index contributed by atoms with van der Waals surface area (Å²) in [5.41, 5.74) is 0.0695. The number of aliphatic carboxylic acids is 1. The zero-order valence-electron chi connectivity index (χ0n) is 22.7. The van der Waals surface area contributed by atoms with Crippen LogP contribution in [0.4, 0.5) is 0 Å². The van der Waals surface area contributed by atoms with Crippen LogP contribution in [0.15, 0.2) is 17.7 Å². The third kappa shape index (κ3) is 3.27. The van der Waals surface area contributed by atoms with E-state index in [0.29, 0.717) is 30.4 Å². The number of hydrogen-bond donors (Lipinski definition) is 4. The second-order valence-corrected chi connectivity index (χ2v) is 15.2. The highest BCUT2D eigenvalue weighted by Crippen LogP contribution is 2.75. The predicted octanol–water partition coefficient (Wildman–Crippen LogP) is 6.03. The van der Waals surface area contributed by atoms with Gasteiger partial charge in [0.25, 0.3) is 10.1 Å². The van der Waals surface area contributed by atoms with Crippen LogP contribution in [0, 0.1) is 34.5 Å². The van der Waals surface area contributed by atoms with Gasteiger partial charge in [0.05, 0.1) is 5.41 Å². The monoisotopic (exact) mass is 532 g/mol. The Morgan fingerprint density at radius 1 is 0.973 bits per heavy atom. The molecule has 0 amide bonds.